The van der Waals surface area contributed by atoms with E-state index in [4.69, 9.17) is 14.2 Å². The first-order chi connectivity index (χ1) is 18.7. The van der Waals surface area contributed by atoms with Crippen molar-refractivity contribution in [1.82, 2.24) is 11.0 Å². The quantitative estimate of drug-likeness (QED) is 0.167. The molecule has 2 aromatic carbocycles. The third-order valence-electron chi connectivity index (χ3n) is 6.42. The van der Waals surface area contributed by atoms with Gasteiger partial charge in [-0.3, -0.25) is 9.59 Å². The Morgan fingerprint density at radius 1 is 1.10 bits per heavy atom. The maximum Gasteiger partial charge on any atom is 0.354 e. The summed E-state index contributed by atoms with van der Waals surface area (Å²) in [5.74, 6) is 0.214. The molecule has 0 bridgehead atoms. The van der Waals surface area contributed by atoms with Crippen LogP contribution >= 0.6 is 15.9 Å². The van der Waals surface area contributed by atoms with E-state index >= 15 is 0 Å². The summed E-state index contributed by atoms with van der Waals surface area (Å²) in [5, 5.41) is 3.93. The summed E-state index contributed by atoms with van der Waals surface area (Å²) in [5.41, 5.74) is 7.90. The van der Waals surface area contributed by atoms with E-state index in [2.05, 4.69) is 38.9 Å². The van der Waals surface area contributed by atoms with Crippen molar-refractivity contribution in [3.63, 3.8) is 0 Å². The lowest BCUT2D eigenvalue weighted by Gasteiger charge is -2.20. The van der Waals surface area contributed by atoms with E-state index in [9.17, 15) is 14.4 Å². The maximum atomic E-state index is 13.4. The molecule has 0 saturated heterocycles. The van der Waals surface area contributed by atoms with Gasteiger partial charge in [0.2, 0.25) is 0 Å². The molecule has 2 aromatic rings. The minimum absolute atomic E-state index is 0.102. The van der Waals surface area contributed by atoms with Crippen LogP contribution < -0.4 is 20.4 Å². The summed E-state index contributed by atoms with van der Waals surface area (Å²) < 4.78 is 17.7. The summed E-state index contributed by atoms with van der Waals surface area (Å²) in [7, 11) is 1.60. The number of hydrogen-bond donors (Lipinski definition) is 2. The van der Waals surface area contributed by atoms with Gasteiger partial charge in [0.25, 0.3) is 0 Å². The minimum Gasteiger partial charge on any atom is -0.496 e. The molecule has 0 fully saturated rings. The van der Waals surface area contributed by atoms with E-state index in [1.807, 2.05) is 38.1 Å². The van der Waals surface area contributed by atoms with Gasteiger partial charge in [-0.1, -0.05) is 31.9 Å². The van der Waals surface area contributed by atoms with Crippen molar-refractivity contribution in [3.8, 4) is 17.2 Å². The molecule has 1 aliphatic rings. The fourth-order valence-corrected chi connectivity index (χ4v) is 4.84. The zero-order chi connectivity index (χ0) is 28.4. The van der Waals surface area contributed by atoms with Crippen LogP contribution in [0.25, 0.3) is 0 Å². The molecule has 2 N–H and O–H groups in total. The Morgan fingerprint density at radius 2 is 1.85 bits per heavy atom. The number of hydrogen-bond acceptors (Lipinski definition) is 9. The van der Waals surface area contributed by atoms with Gasteiger partial charge in [-0.15, -0.1) is 0 Å². The number of halogens is 1. The third kappa shape index (κ3) is 8.63. The van der Waals surface area contributed by atoms with Crippen LogP contribution in [0.5, 0.6) is 17.2 Å². The molecule has 0 saturated carbocycles. The van der Waals surface area contributed by atoms with E-state index in [0.29, 0.717) is 42.2 Å². The maximum absolute atomic E-state index is 13.4. The normalized spacial score (nSPS) is 13.6. The molecule has 9 nitrogen and oxygen atoms in total. The summed E-state index contributed by atoms with van der Waals surface area (Å²) in [6.07, 6.45) is 3.27. The van der Waals surface area contributed by atoms with E-state index in [0.717, 1.165) is 34.9 Å². The second kappa shape index (κ2) is 14.8. The molecule has 3 rings (SSSR count). The molecule has 39 heavy (non-hydrogen) atoms. The number of ether oxygens (including phenoxy) is 3. The van der Waals surface area contributed by atoms with Crippen LogP contribution in [-0.4, -0.2) is 43.5 Å². The molecule has 0 spiro atoms. The number of ketones is 2. The lowest BCUT2D eigenvalue weighted by atomic mass is 9.89. The van der Waals surface area contributed by atoms with E-state index in [1.54, 1.807) is 13.2 Å². The van der Waals surface area contributed by atoms with Crippen LogP contribution in [0.1, 0.15) is 68.1 Å². The number of carbonyl (C=O) groups is 3. The summed E-state index contributed by atoms with van der Waals surface area (Å²) in [4.78, 5) is 38.5. The zero-order valence-electron chi connectivity index (χ0n) is 22.9. The Balaban J connectivity index is 1.83. The lowest BCUT2D eigenvalue weighted by Crippen LogP contribution is -2.38. The topological polar surface area (TPSA) is 115 Å². The average molecular weight is 603 g/mol. The van der Waals surface area contributed by atoms with Crippen LogP contribution in [0.15, 0.2) is 39.9 Å². The lowest BCUT2D eigenvalue weighted by molar-refractivity contribution is -0.137. The number of nitrogens with one attached hydrogen (secondary N) is 2. The van der Waals surface area contributed by atoms with Crippen molar-refractivity contribution in [2.45, 2.75) is 65.2 Å². The molecule has 0 amide bonds. The number of nitrogens with zero attached hydrogens (tertiary/aromatic N) is 1. The average Bonchev–Trinajstić information content (AvgIpc) is 2.91. The zero-order valence-corrected chi connectivity index (χ0v) is 24.5. The molecule has 1 unspecified atom stereocenters. The van der Waals surface area contributed by atoms with Gasteiger partial charge in [0.1, 0.15) is 35.4 Å². The van der Waals surface area contributed by atoms with Gasteiger partial charge in [0.05, 0.1) is 23.9 Å². The van der Waals surface area contributed by atoms with Crippen LogP contribution in [0, 0.1) is 13.8 Å². The third-order valence-corrected chi connectivity index (χ3v) is 7.04. The van der Waals surface area contributed by atoms with Gasteiger partial charge in [-0.05, 0) is 71.1 Å². The number of Topliss-reactive ketones (excluding diaryl/α,β-unsaturated/α-hetero) is 2. The number of hydrazine groups is 1. The van der Waals surface area contributed by atoms with Crippen molar-refractivity contribution in [2.75, 3.05) is 20.3 Å². The Hall–Kier alpha value is -3.24. The molecule has 210 valence electrons. The Bertz CT molecular complexity index is 1210. The van der Waals surface area contributed by atoms with Gasteiger partial charge in [0.15, 0.2) is 5.78 Å². The Morgan fingerprint density at radius 3 is 2.46 bits per heavy atom. The Kier molecular flexibility index (Phi) is 11.5. The number of aryl methyl sites for hydroxylation is 2. The highest BCUT2D eigenvalue weighted by atomic mass is 79.9. The fraction of sp³-hybridized carbons (Fsp3) is 0.448. The largest absolute Gasteiger partial charge is 0.496 e. The highest BCUT2D eigenvalue weighted by Crippen LogP contribution is 2.36. The molecule has 10 heteroatoms. The van der Waals surface area contributed by atoms with Crippen LogP contribution in [0.2, 0.25) is 0 Å². The molecule has 0 aliphatic carbocycles. The van der Waals surface area contributed by atoms with E-state index < -0.39 is 11.9 Å². The van der Waals surface area contributed by atoms with Gasteiger partial charge < -0.3 is 14.2 Å². The smallest absolute Gasteiger partial charge is 0.354 e. The van der Waals surface area contributed by atoms with Crippen LogP contribution in [-0.2, 0) is 19.1 Å². The number of unbranched alkanes of at least 4 members (excludes halogenated alkanes) is 2. The second-order valence-corrected chi connectivity index (χ2v) is 10.4. The summed E-state index contributed by atoms with van der Waals surface area (Å²) in [6.45, 7) is 6.20. The first-order valence-corrected chi connectivity index (χ1v) is 13.9. The predicted octanol–water partition coefficient (Wildman–Crippen LogP) is 5.46. The van der Waals surface area contributed by atoms with Crippen molar-refractivity contribution in [1.29, 1.82) is 0 Å². The second-order valence-electron chi connectivity index (χ2n) is 9.52. The van der Waals surface area contributed by atoms with Crippen molar-refractivity contribution in [3.05, 3.63) is 51.5 Å². The molecule has 1 atom stereocenters. The number of benzene rings is 2. The summed E-state index contributed by atoms with van der Waals surface area (Å²) >= 11 is 3.47. The van der Waals surface area contributed by atoms with E-state index in [1.165, 1.54) is 0 Å². The monoisotopic (exact) mass is 601 g/mol. The van der Waals surface area contributed by atoms with Gasteiger partial charge in [-0.25, -0.2) is 15.8 Å². The fourth-order valence-electron chi connectivity index (χ4n) is 4.32. The molecule has 1 aliphatic heterocycles. The summed E-state index contributed by atoms with van der Waals surface area (Å²) in [6, 6.07) is 9.14. The first-order valence-electron chi connectivity index (χ1n) is 13.1. The highest BCUT2D eigenvalue weighted by Gasteiger charge is 2.27. The van der Waals surface area contributed by atoms with Gasteiger partial charge >= 0.3 is 5.97 Å². The van der Waals surface area contributed by atoms with Crippen molar-refractivity contribution >= 4 is 39.2 Å². The van der Waals surface area contributed by atoms with E-state index in [-0.39, 0.29) is 30.3 Å². The Labute approximate surface area is 237 Å². The number of rotatable bonds is 14. The SMILES string of the molecule is CCCCCC(=O)CC(=O)C(COC(=O)C1=NNNCC1)c1cc(C)c(Oc2ccc(OC)c(Br)c2)c(C)c1. The standard InChI is InChI=1S/C29H36BrN3O6/c1-5-6-7-8-21(34)15-26(35)23(17-38-29(36)25-11-12-31-33-32-25)20-13-18(2)28(19(3)14-20)39-22-9-10-27(37-4)24(30)16-22/h9-10,13-14,16,23,31,33H,5-8,11-12,15,17H2,1-4H3. The van der Waals surface area contributed by atoms with Crippen molar-refractivity contribution in [2.24, 2.45) is 5.10 Å². The number of carbonyl (C=O) groups excluding carboxylic acids is 3. The molecule has 0 aromatic heterocycles. The predicted molar refractivity (Wildman–Crippen MR) is 152 cm³/mol. The molecule has 1 heterocycles. The molecular weight excluding hydrogens is 566 g/mol. The van der Waals surface area contributed by atoms with Crippen LogP contribution in [0.3, 0.4) is 0 Å². The first kappa shape index (κ1) is 30.3. The minimum atomic E-state index is -0.791. The van der Waals surface area contributed by atoms with Gasteiger partial charge in [-0.2, -0.15) is 5.10 Å². The molecule has 0 radical (unpaired) electrons. The highest BCUT2D eigenvalue weighted by molar-refractivity contribution is 9.10. The number of methoxy groups -OCH3 is 1. The van der Waals surface area contributed by atoms with Crippen LogP contribution in [0.4, 0.5) is 0 Å². The van der Waals surface area contributed by atoms with Gasteiger partial charge in [0, 0.05) is 19.4 Å². The number of esters is 1. The van der Waals surface area contributed by atoms with Crippen molar-refractivity contribution < 1.29 is 28.6 Å². The number of hydrazone groups is 1. The molecular formula is C29H36BrN3O6.